The van der Waals surface area contributed by atoms with Gasteiger partial charge in [-0.1, -0.05) is 6.92 Å². The molecule has 1 amide bonds. The zero-order valence-electron chi connectivity index (χ0n) is 21.6. The van der Waals surface area contributed by atoms with E-state index in [0.29, 0.717) is 25.2 Å². The number of rotatable bonds is 10. The molecule has 1 aliphatic rings. The van der Waals surface area contributed by atoms with E-state index in [1.807, 2.05) is 20.8 Å². The lowest BCUT2D eigenvalue weighted by Gasteiger charge is -2.33. The van der Waals surface area contributed by atoms with Crippen molar-refractivity contribution in [3.8, 4) is 0 Å². The van der Waals surface area contributed by atoms with Gasteiger partial charge in [-0.15, -0.1) is 24.0 Å². The number of carbonyl (C=O) groups excluding carboxylic acids is 1. The molecular weight excluding hydrogens is 521 g/mol. The molecule has 32 heavy (non-hydrogen) atoms. The van der Waals surface area contributed by atoms with Crippen molar-refractivity contribution in [3.63, 3.8) is 0 Å². The van der Waals surface area contributed by atoms with Gasteiger partial charge in [-0.05, 0) is 60.3 Å². The number of hydrogen-bond acceptors (Lipinski definition) is 5. The van der Waals surface area contributed by atoms with Crippen LogP contribution in [0.3, 0.4) is 0 Å². The molecule has 0 aromatic rings. The summed E-state index contributed by atoms with van der Waals surface area (Å²) in [6.07, 6.45) is 2.20. The number of hydrogen-bond donors (Lipinski definition) is 2. The van der Waals surface area contributed by atoms with Crippen LogP contribution in [0.2, 0.25) is 0 Å². The smallest absolute Gasteiger partial charge is 0.410 e. The van der Waals surface area contributed by atoms with Crippen molar-refractivity contribution in [2.24, 2.45) is 10.9 Å². The normalized spacial score (nSPS) is 17.0. The van der Waals surface area contributed by atoms with E-state index < -0.39 is 5.60 Å². The van der Waals surface area contributed by atoms with Crippen LogP contribution >= 0.6 is 24.0 Å². The second kappa shape index (κ2) is 15.9. The van der Waals surface area contributed by atoms with Crippen LogP contribution in [0.5, 0.6) is 0 Å². The zero-order chi connectivity index (χ0) is 23.4. The Morgan fingerprint density at radius 3 is 2.38 bits per heavy atom. The standard InChI is InChI=1S/C23H47N5O3.HI/c1-9-24-21(25-16-19(4)17-27(8)22(29)31-23(5,6)7)26-20-10-12-28(13-11-20)14-15-30-18(2)3;/h18-20H,9-17H2,1-8H3,(H2,24,25,26);1H. The van der Waals surface area contributed by atoms with Crippen LogP contribution in [0, 0.1) is 5.92 Å². The first-order valence-electron chi connectivity index (χ1n) is 11.8. The Morgan fingerprint density at radius 1 is 1.22 bits per heavy atom. The Bertz CT molecular complexity index is 546. The van der Waals surface area contributed by atoms with Gasteiger partial charge in [0.25, 0.3) is 0 Å². The zero-order valence-corrected chi connectivity index (χ0v) is 23.9. The first kappa shape index (κ1) is 31.2. The van der Waals surface area contributed by atoms with Gasteiger partial charge >= 0.3 is 6.09 Å². The number of likely N-dealkylation sites (tertiary alicyclic amines) is 1. The summed E-state index contributed by atoms with van der Waals surface area (Å²) in [6, 6.07) is 0.430. The minimum Gasteiger partial charge on any atom is -0.444 e. The van der Waals surface area contributed by atoms with E-state index in [1.165, 1.54) is 0 Å². The van der Waals surface area contributed by atoms with Crippen LogP contribution in [0.4, 0.5) is 4.79 Å². The molecule has 0 bridgehead atoms. The monoisotopic (exact) mass is 569 g/mol. The largest absolute Gasteiger partial charge is 0.444 e. The van der Waals surface area contributed by atoms with Crippen molar-refractivity contribution in [1.29, 1.82) is 0 Å². The molecule has 2 N–H and O–H groups in total. The molecule has 1 atom stereocenters. The highest BCUT2D eigenvalue weighted by Crippen LogP contribution is 2.11. The lowest BCUT2D eigenvalue weighted by atomic mass is 10.1. The molecule has 1 fully saturated rings. The fourth-order valence-electron chi connectivity index (χ4n) is 3.42. The average molecular weight is 570 g/mol. The van der Waals surface area contributed by atoms with Gasteiger partial charge in [0.15, 0.2) is 5.96 Å². The van der Waals surface area contributed by atoms with E-state index in [0.717, 1.165) is 51.6 Å². The van der Waals surface area contributed by atoms with E-state index in [9.17, 15) is 4.79 Å². The first-order chi connectivity index (χ1) is 14.5. The molecule has 8 nitrogen and oxygen atoms in total. The lowest BCUT2D eigenvalue weighted by molar-refractivity contribution is 0.0278. The van der Waals surface area contributed by atoms with E-state index in [1.54, 1.807) is 11.9 Å². The highest BCUT2D eigenvalue weighted by molar-refractivity contribution is 14.0. The van der Waals surface area contributed by atoms with Crippen molar-refractivity contribution in [1.82, 2.24) is 20.4 Å². The maximum absolute atomic E-state index is 12.2. The van der Waals surface area contributed by atoms with Crippen molar-refractivity contribution < 1.29 is 14.3 Å². The number of carbonyl (C=O) groups is 1. The summed E-state index contributed by atoms with van der Waals surface area (Å²) < 4.78 is 11.1. The number of halogens is 1. The predicted octanol–water partition coefficient (Wildman–Crippen LogP) is 3.55. The van der Waals surface area contributed by atoms with Gasteiger partial charge in [0, 0.05) is 52.4 Å². The third-order valence-electron chi connectivity index (χ3n) is 4.98. The molecule has 1 heterocycles. The minimum atomic E-state index is -0.480. The molecule has 1 aliphatic heterocycles. The number of guanidine groups is 1. The average Bonchev–Trinajstić information content (AvgIpc) is 2.66. The summed E-state index contributed by atoms with van der Waals surface area (Å²) in [6.45, 7) is 20.0. The Kier molecular flexibility index (Phi) is 15.5. The summed E-state index contributed by atoms with van der Waals surface area (Å²) >= 11 is 0. The molecule has 190 valence electrons. The first-order valence-corrected chi connectivity index (χ1v) is 11.8. The van der Waals surface area contributed by atoms with Gasteiger partial charge in [-0.3, -0.25) is 4.99 Å². The van der Waals surface area contributed by atoms with Crippen molar-refractivity contribution in [3.05, 3.63) is 0 Å². The molecular formula is C23H48IN5O3. The summed E-state index contributed by atoms with van der Waals surface area (Å²) in [5.41, 5.74) is -0.480. The molecule has 9 heteroatoms. The highest BCUT2D eigenvalue weighted by atomic mass is 127. The van der Waals surface area contributed by atoms with Crippen LogP contribution in [-0.2, 0) is 9.47 Å². The lowest BCUT2D eigenvalue weighted by Crippen LogP contribution is -2.49. The molecule has 0 aliphatic carbocycles. The van der Waals surface area contributed by atoms with Gasteiger partial charge in [0.1, 0.15) is 5.60 Å². The third-order valence-corrected chi connectivity index (χ3v) is 4.98. The second-order valence-electron chi connectivity index (χ2n) is 9.87. The minimum absolute atomic E-state index is 0. The van der Waals surface area contributed by atoms with Crippen LogP contribution in [0.15, 0.2) is 4.99 Å². The Morgan fingerprint density at radius 2 is 1.84 bits per heavy atom. The van der Waals surface area contributed by atoms with Crippen molar-refractivity contribution in [2.45, 2.75) is 79.1 Å². The number of nitrogens with one attached hydrogen (secondary N) is 2. The van der Waals surface area contributed by atoms with Crippen LogP contribution < -0.4 is 10.6 Å². The number of amides is 1. The van der Waals surface area contributed by atoms with Crippen LogP contribution in [-0.4, -0.2) is 92.5 Å². The van der Waals surface area contributed by atoms with E-state index >= 15 is 0 Å². The van der Waals surface area contributed by atoms with Gasteiger partial charge in [-0.25, -0.2) is 4.79 Å². The van der Waals surface area contributed by atoms with Crippen molar-refractivity contribution >= 4 is 36.0 Å². The van der Waals surface area contributed by atoms with Gasteiger partial charge in [0.05, 0.1) is 12.7 Å². The summed E-state index contributed by atoms with van der Waals surface area (Å²) in [5.74, 6) is 1.09. The Labute approximate surface area is 213 Å². The van der Waals surface area contributed by atoms with E-state index in [2.05, 4.69) is 43.2 Å². The van der Waals surface area contributed by atoms with Gasteiger partial charge in [-0.2, -0.15) is 0 Å². The molecule has 0 spiro atoms. The summed E-state index contributed by atoms with van der Waals surface area (Å²) in [4.78, 5) is 21.0. The molecule has 0 radical (unpaired) electrons. The van der Waals surface area contributed by atoms with Crippen LogP contribution in [0.1, 0.15) is 61.3 Å². The quantitative estimate of drug-likeness (QED) is 0.238. The fraction of sp³-hybridized carbons (Fsp3) is 0.913. The number of nitrogens with zero attached hydrogens (tertiary/aromatic N) is 3. The van der Waals surface area contributed by atoms with Gasteiger partial charge < -0.3 is 29.9 Å². The van der Waals surface area contributed by atoms with E-state index in [-0.39, 0.29) is 36.0 Å². The molecule has 0 aromatic carbocycles. The topological polar surface area (TPSA) is 78.4 Å². The maximum Gasteiger partial charge on any atom is 0.410 e. The second-order valence-corrected chi connectivity index (χ2v) is 9.87. The third kappa shape index (κ3) is 14.4. The number of aliphatic imine (C=N–C) groups is 1. The molecule has 1 rings (SSSR count). The molecule has 1 saturated heterocycles. The maximum atomic E-state index is 12.2. The highest BCUT2D eigenvalue weighted by Gasteiger charge is 2.22. The molecule has 0 aromatic heterocycles. The number of piperidine rings is 1. The van der Waals surface area contributed by atoms with Crippen LogP contribution in [0.25, 0.3) is 0 Å². The SMILES string of the molecule is CCNC(=NCC(C)CN(C)C(=O)OC(C)(C)C)NC1CCN(CCOC(C)C)CC1.I. The number of ether oxygens (including phenoxy) is 2. The Balaban J connectivity index is 0.00000961. The summed E-state index contributed by atoms with van der Waals surface area (Å²) in [7, 11) is 1.78. The van der Waals surface area contributed by atoms with Crippen molar-refractivity contribution in [2.75, 3.05) is 52.9 Å². The Hall–Kier alpha value is -0.810. The summed E-state index contributed by atoms with van der Waals surface area (Å²) in [5, 5.41) is 6.94. The molecule has 1 unspecified atom stereocenters. The fourth-order valence-corrected chi connectivity index (χ4v) is 3.42. The predicted molar refractivity (Wildman–Crippen MR) is 143 cm³/mol. The van der Waals surface area contributed by atoms with E-state index in [4.69, 9.17) is 14.5 Å². The molecule has 0 saturated carbocycles. The van der Waals surface area contributed by atoms with Gasteiger partial charge in [0.2, 0.25) is 0 Å².